The van der Waals surface area contributed by atoms with E-state index in [1.165, 1.54) is 6.07 Å². The first kappa shape index (κ1) is 16.4. The van der Waals surface area contributed by atoms with Crippen molar-refractivity contribution in [1.82, 2.24) is 4.98 Å². The van der Waals surface area contributed by atoms with Gasteiger partial charge in [-0.25, -0.2) is 4.79 Å². The maximum absolute atomic E-state index is 11.4. The molecule has 1 atom stereocenters. The normalized spacial score (nSPS) is 13.2. The number of carbonyl (C=O) groups is 2. The van der Waals surface area contributed by atoms with Crippen molar-refractivity contribution >= 4 is 31.2 Å². The Morgan fingerprint density at radius 2 is 2.14 bits per heavy atom. The van der Waals surface area contributed by atoms with Gasteiger partial charge in [0.25, 0.3) is 0 Å². The second-order valence-electron chi connectivity index (χ2n) is 6.55. The van der Waals surface area contributed by atoms with Crippen LogP contribution in [0.3, 0.4) is 0 Å². The van der Waals surface area contributed by atoms with Crippen molar-refractivity contribution in [3.05, 3.63) is 35.5 Å². The third-order valence-corrected chi connectivity index (χ3v) is 5.24. The quantitative estimate of drug-likeness (QED) is 0.605. The van der Waals surface area contributed by atoms with Crippen molar-refractivity contribution < 1.29 is 19.4 Å². The van der Waals surface area contributed by atoms with Gasteiger partial charge in [0.15, 0.2) is 6.29 Å². The van der Waals surface area contributed by atoms with Crippen LogP contribution in [0.5, 0.6) is 0 Å². The Hall–Kier alpha value is -1.92. The molecule has 0 aliphatic heterocycles. The largest absolute Gasteiger partial charge is 0.478 e. The molecule has 1 aromatic carbocycles. The van der Waals surface area contributed by atoms with E-state index < -0.39 is 20.1 Å². The number of benzene rings is 1. The maximum atomic E-state index is 11.4. The summed E-state index contributed by atoms with van der Waals surface area (Å²) in [6.45, 7) is 7.32. The minimum Gasteiger partial charge on any atom is -0.478 e. The van der Waals surface area contributed by atoms with Gasteiger partial charge in [0.05, 0.1) is 5.56 Å². The molecule has 0 aliphatic rings. The zero-order valence-corrected chi connectivity index (χ0v) is 14.1. The molecular weight excluding hydrogens is 298 g/mol. The fourth-order valence-electron chi connectivity index (χ4n) is 2.21. The zero-order chi connectivity index (χ0) is 16.3. The molecule has 1 aromatic heterocycles. The Morgan fingerprint density at radius 1 is 1.41 bits per heavy atom. The number of ether oxygens (including phenoxy) is 1. The van der Waals surface area contributed by atoms with Crippen LogP contribution in [0, 0.1) is 0 Å². The molecule has 1 unspecified atom stereocenters. The van der Waals surface area contributed by atoms with E-state index in [-0.39, 0.29) is 5.56 Å². The fraction of sp³-hybridized carbons (Fsp3) is 0.375. The average molecular weight is 319 g/mol. The molecule has 0 radical (unpaired) electrons. The van der Waals surface area contributed by atoms with Gasteiger partial charge >= 0.3 is 5.97 Å². The maximum Gasteiger partial charge on any atom is 0.335 e. The van der Waals surface area contributed by atoms with Gasteiger partial charge in [0.2, 0.25) is 0 Å². The summed E-state index contributed by atoms with van der Waals surface area (Å²) in [6.07, 6.45) is 1.88. The highest BCUT2D eigenvalue weighted by Crippen LogP contribution is 2.27. The number of hydrogen-bond acceptors (Lipinski definition) is 3. The summed E-state index contributed by atoms with van der Waals surface area (Å²) >= 11 is 0. The van der Waals surface area contributed by atoms with E-state index in [0.717, 1.165) is 23.3 Å². The van der Waals surface area contributed by atoms with E-state index in [1.54, 1.807) is 18.3 Å². The lowest BCUT2D eigenvalue weighted by Gasteiger charge is -2.17. The number of aromatic amines is 1. The molecule has 2 rings (SSSR count). The number of hydrogen-bond donors (Lipinski definition) is 2. The lowest BCUT2D eigenvalue weighted by Crippen LogP contribution is -2.22. The average Bonchev–Trinajstić information content (AvgIpc) is 2.85. The molecule has 0 bridgehead atoms. The fourth-order valence-corrected chi connectivity index (χ4v) is 2.94. The van der Waals surface area contributed by atoms with E-state index >= 15 is 0 Å². The standard InChI is InChI=1S/C16H21NO4Si/c1-22(2,3)7-6-21-15(10-18)13-9-17-14-8-11(16(19)20)4-5-12(13)14/h4-5,8-10,15,17H,6-7H2,1-3H3,(H,19,20). The summed E-state index contributed by atoms with van der Waals surface area (Å²) in [4.78, 5) is 25.4. The summed E-state index contributed by atoms with van der Waals surface area (Å²) in [6, 6.07) is 5.79. The van der Waals surface area contributed by atoms with E-state index in [4.69, 9.17) is 9.84 Å². The highest BCUT2D eigenvalue weighted by atomic mass is 28.3. The van der Waals surface area contributed by atoms with Crippen molar-refractivity contribution in [2.24, 2.45) is 0 Å². The lowest BCUT2D eigenvalue weighted by molar-refractivity contribution is -0.118. The summed E-state index contributed by atoms with van der Waals surface area (Å²) in [5, 5.41) is 9.82. The number of carboxylic acid groups (broad SMARTS) is 1. The summed E-state index contributed by atoms with van der Waals surface area (Å²) in [5.41, 5.74) is 1.65. The number of rotatable bonds is 7. The van der Waals surface area contributed by atoms with Crippen molar-refractivity contribution in [3.63, 3.8) is 0 Å². The van der Waals surface area contributed by atoms with Gasteiger partial charge in [0.1, 0.15) is 6.10 Å². The number of fused-ring (bicyclic) bond motifs is 1. The number of carbonyl (C=O) groups excluding carboxylic acids is 1. The number of carboxylic acids is 1. The van der Waals surface area contributed by atoms with Crippen LogP contribution < -0.4 is 0 Å². The first-order valence-corrected chi connectivity index (χ1v) is 10.9. The van der Waals surface area contributed by atoms with Crippen molar-refractivity contribution in [2.75, 3.05) is 6.61 Å². The molecule has 0 saturated carbocycles. The highest BCUT2D eigenvalue weighted by Gasteiger charge is 2.19. The summed E-state index contributed by atoms with van der Waals surface area (Å²) in [7, 11) is -1.21. The van der Waals surface area contributed by atoms with Crippen LogP contribution in [0.4, 0.5) is 0 Å². The predicted octanol–water partition coefficient (Wildman–Crippen LogP) is 3.46. The number of aromatic carboxylic acids is 1. The molecule has 0 fully saturated rings. The monoisotopic (exact) mass is 319 g/mol. The topological polar surface area (TPSA) is 79.4 Å². The van der Waals surface area contributed by atoms with Crippen LogP contribution in [-0.4, -0.2) is 37.0 Å². The van der Waals surface area contributed by atoms with Crippen LogP contribution in [-0.2, 0) is 9.53 Å². The second kappa shape index (κ2) is 6.45. The lowest BCUT2D eigenvalue weighted by atomic mass is 10.1. The Morgan fingerprint density at radius 3 is 2.73 bits per heavy atom. The van der Waals surface area contributed by atoms with Gasteiger partial charge in [-0.15, -0.1) is 0 Å². The molecule has 22 heavy (non-hydrogen) atoms. The van der Waals surface area contributed by atoms with E-state index in [2.05, 4.69) is 24.6 Å². The third-order valence-electron chi connectivity index (χ3n) is 3.54. The Labute approximate surface area is 130 Å². The van der Waals surface area contributed by atoms with Gasteiger partial charge in [0, 0.05) is 37.3 Å². The smallest absolute Gasteiger partial charge is 0.335 e. The molecule has 5 nitrogen and oxygen atoms in total. The van der Waals surface area contributed by atoms with Crippen molar-refractivity contribution in [2.45, 2.75) is 31.8 Å². The van der Waals surface area contributed by atoms with Gasteiger partial charge in [-0.2, -0.15) is 0 Å². The number of H-pyrrole nitrogens is 1. The molecule has 2 aromatic rings. The molecule has 6 heteroatoms. The minimum atomic E-state index is -1.21. The number of aldehydes is 1. The molecule has 1 heterocycles. The molecule has 118 valence electrons. The number of nitrogens with one attached hydrogen (secondary N) is 1. The molecule has 2 N–H and O–H groups in total. The SMILES string of the molecule is C[Si](C)(C)CCOC(C=O)c1c[nH]c2cc(C(=O)O)ccc12. The van der Waals surface area contributed by atoms with Crippen LogP contribution in [0.2, 0.25) is 25.7 Å². The van der Waals surface area contributed by atoms with Gasteiger partial charge in [-0.05, 0) is 18.2 Å². The molecule has 0 aliphatic carbocycles. The van der Waals surface area contributed by atoms with Crippen molar-refractivity contribution in [3.8, 4) is 0 Å². The predicted molar refractivity (Wildman–Crippen MR) is 88.2 cm³/mol. The Kier molecular flexibility index (Phi) is 4.83. The van der Waals surface area contributed by atoms with Gasteiger partial charge in [-0.3, -0.25) is 0 Å². The first-order valence-electron chi connectivity index (χ1n) is 7.23. The minimum absolute atomic E-state index is 0.211. The van der Waals surface area contributed by atoms with Crippen LogP contribution in [0.15, 0.2) is 24.4 Å². The van der Waals surface area contributed by atoms with E-state index in [9.17, 15) is 9.59 Å². The van der Waals surface area contributed by atoms with Crippen LogP contribution >= 0.6 is 0 Å². The highest BCUT2D eigenvalue weighted by molar-refractivity contribution is 6.76. The first-order chi connectivity index (χ1) is 10.3. The van der Waals surface area contributed by atoms with Crippen molar-refractivity contribution in [1.29, 1.82) is 0 Å². The van der Waals surface area contributed by atoms with E-state index in [0.29, 0.717) is 12.1 Å². The molecule has 0 spiro atoms. The van der Waals surface area contributed by atoms with Gasteiger partial charge < -0.3 is 19.6 Å². The third kappa shape index (κ3) is 3.83. The second-order valence-corrected chi connectivity index (χ2v) is 12.2. The van der Waals surface area contributed by atoms with Gasteiger partial charge in [-0.1, -0.05) is 25.7 Å². The Bertz CT molecular complexity index is 687. The summed E-state index contributed by atoms with van der Waals surface area (Å²) < 4.78 is 5.73. The van der Waals surface area contributed by atoms with Crippen LogP contribution in [0.25, 0.3) is 10.9 Å². The van der Waals surface area contributed by atoms with E-state index in [1.807, 2.05) is 0 Å². The molecule has 0 saturated heterocycles. The molecule has 0 amide bonds. The Balaban J connectivity index is 2.21. The van der Waals surface area contributed by atoms with Crippen LogP contribution in [0.1, 0.15) is 22.0 Å². The number of aromatic nitrogens is 1. The summed E-state index contributed by atoms with van der Waals surface area (Å²) in [5.74, 6) is -0.976. The zero-order valence-electron chi connectivity index (χ0n) is 13.1. The molecular formula is C16H21NO4Si.